The van der Waals surface area contributed by atoms with Crippen LogP contribution in [0.3, 0.4) is 0 Å². The quantitative estimate of drug-likeness (QED) is 0.635. The summed E-state index contributed by atoms with van der Waals surface area (Å²) in [5.41, 5.74) is 0.884. The van der Waals surface area contributed by atoms with E-state index in [4.69, 9.17) is 4.74 Å². The number of hydrogen-bond donors (Lipinski definition) is 0. The number of piperazine rings is 1. The number of methoxy groups -OCH3 is 1. The molecule has 1 saturated heterocycles. The predicted molar refractivity (Wildman–Crippen MR) is 103 cm³/mol. The summed E-state index contributed by atoms with van der Waals surface area (Å²) in [6, 6.07) is 10.7. The Morgan fingerprint density at radius 1 is 1.07 bits per heavy atom. The molecule has 1 aliphatic heterocycles. The zero-order chi connectivity index (χ0) is 21.1. The van der Waals surface area contributed by atoms with E-state index >= 15 is 0 Å². The highest BCUT2D eigenvalue weighted by Crippen LogP contribution is 2.20. The first-order valence-corrected chi connectivity index (χ1v) is 9.44. The first-order valence-electron chi connectivity index (χ1n) is 9.44. The van der Waals surface area contributed by atoms with E-state index in [9.17, 15) is 13.6 Å². The number of carbonyl (C=O) groups is 1. The minimum atomic E-state index is -0.961. The first kappa shape index (κ1) is 19.9. The maximum atomic E-state index is 13.6. The number of rotatable bonds is 5. The number of tetrazole rings is 1. The van der Waals surface area contributed by atoms with Crippen LogP contribution in [-0.4, -0.2) is 69.2 Å². The molecule has 0 radical (unpaired) electrons. The number of aromatic nitrogens is 4. The zero-order valence-electron chi connectivity index (χ0n) is 16.3. The largest absolute Gasteiger partial charge is 0.496 e. The smallest absolute Gasteiger partial charge is 0.257 e. The molecule has 10 heteroatoms. The van der Waals surface area contributed by atoms with E-state index in [0.717, 1.165) is 12.1 Å². The monoisotopic (exact) mass is 414 g/mol. The fraction of sp³-hybridized carbons (Fsp3) is 0.300. The summed E-state index contributed by atoms with van der Waals surface area (Å²) in [5.74, 6) is -0.901. The molecule has 30 heavy (non-hydrogen) atoms. The molecule has 0 spiro atoms. The van der Waals surface area contributed by atoms with Gasteiger partial charge in [0.1, 0.15) is 5.75 Å². The fourth-order valence-electron chi connectivity index (χ4n) is 3.42. The van der Waals surface area contributed by atoms with Gasteiger partial charge in [-0.3, -0.25) is 9.69 Å². The maximum Gasteiger partial charge on any atom is 0.257 e. The lowest BCUT2D eigenvalue weighted by Gasteiger charge is -2.34. The molecule has 3 aromatic rings. The molecule has 4 rings (SSSR count). The third-order valence-corrected chi connectivity index (χ3v) is 5.04. The molecular weight excluding hydrogens is 394 g/mol. The minimum Gasteiger partial charge on any atom is -0.496 e. The molecule has 1 fully saturated rings. The Labute approximate surface area is 171 Å². The number of benzene rings is 2. The lowest BCUT2D eigenvalue weighted by molar-refractivity contribution is 0.0621. The van der Waals surface area contributed by atoms with Gasteiger partial charge in [0.2, 0.25) is 0 Å². The maximum absolute atomic E-state index is 13.6. The summed E-state index contributed by atoms with van der Waals surface area (Å²) in [4.78, 5) is 16.7. The van der Waals surface area contributed by atoms with Gasteiger partial charge in [0, 0.05) is 32.2 Å². The molecule has 0 saturated carbocycles. The minimum absolute atomic E-state index is 0.0706. The van der Waals surface area contributed by atoms with Crippen LogP contribution < -0.4 is 4.74 Å². The van der Waals surface area contributed by atoms with E-state index < -0.39 is 11.6 Å². The van der Waals surface area contributed by atoms with Gasteiger partial charge in [-0.05, 0) is 34.7 Å². The van der Waals surface area contributed by atoms with Gasteiger partial charge in [-0.1, -0.05) is 12.1 Å². The van der Waals surface area contributed by atoms with Crippen molar-refractivity contribution in [3.05, 3.63) is 65.5 Å². The summed E-state index contributed by atoms with van der Waals surface area (Å²) >= 11 is 0. The van der Waals surface area contributed by atoms with Gasteiger partial charge in [-0.25, -0.2) is 8.78 Å². The number of ether oxygens (including phenoxy) is 1. The van der Waals surface area contributed by atoms with Gasteiger partial charge in [0.05, 0.1) is 24.9 Å². The van der Waals surface area contributed by atoms with Crippen molar-refractivity contribution >= 4 is 5.91 Å². The normalized spacial score (nSPS) is 14.7. The highest BCUT2D eigenvalue weighted by Gasteiger charge is 2.25. The summed E-state index contributed by atoms with van der Waals surface area (Å²) in [6.45, 7) is 2.77. The zero-order valence-corrected chi connectivity index (χ0v) is 16.3. The van der Waals surface area contributed by atoms with Crippen LogP contribution >= 0.6 is 0 Å². The van der Waals surface area contributed by atoms with Crippen molar-refractivity contribution in [2.24, 2.45) is 0 Å². The third kappa shape index (κ3) is 3.99. The van der Waals surface area contributed by atoms with Crippen molar-refractivity contribution in [2.75, 3.05) is 33.3 Å². The van der Waals surface area contributed by atoms with Crippen LogP contribution in [0.5, 0.6) is 5.75 Å². The molecule has 0 bridgehead atoms. The molecule has 8 nitrogen and oxygen atoms in total. The van der Waals surface area contributed by atoms with Gasteiger partial charge in [-0.15, -0.1) is 5.10 Å². The van der Waals surface area contributed by atoms with Crippen molar-refractivity contribution in [2.45, 2.75) is 6.54 Å². The number of nitrogens with zero attached hydrogens (tertiary/aromatic N) is 6. The van der Waals surface area contributed by atoms with E-state index in [0.29, 0.717) is 55.5 Å². The summed E-state index contributed by atoms with van der Waals surface area (Å²) < 4.78 is 33.4. The fourth-order valence-corrected chi connectivity index (χ4v) is 3.42. The Bertz CT molecular complexity index is 1050. The van der Waals surface area contributed by atoms with Crippen LogP contribution in [0.25, 0.3) is 5.69 Å². The van der Waals surface area contributed by atoms with Crippen LogP contribution in [0.15, 0.2) is 42.5 Å². The Morgan fingerprint density at radius 2 is 1.83 bits per heavy atom. The van der Waals surface area contributed by atoms with Crippen molar-refractivity contribution in [3.63, 3.8) is 0 Å². The molecule has 2 heterocycles. The second-order valence-electron chi connectivity index (χ2n) is 6.87. The SMILES string of the molecule is COc1ccccc1C(=O)N1CCN(Cc2nnnn2-c2ccc(F)c(F)c2)CC1. The van der Waals surface area contributed by atoms with Gasteiger partial charge >= 0.3 is 0 Å². The van der Waals surface area contributed by atoms with Gasteiger partial charge < -0.3 is 9.64 Å². The van der Waals surface area contributed by atoms with Crippen LogP contribution in [-0.2, 0) is 6.54 Å². The van der Waals surface area contributed by atoms with E-state index in [1.165, 1.54) is 10.7 Å². The average molecular weight is 414 g/mol. The first-order chi connectivity index (χ1) is 14.6. The lowest BCUT2D eigenvalue weighted by Crippen LogP contribution is -2.48. The number of hydrogen-bond acceptors (Lipinski definition) is 6. The van der Waals surface area contributed by atoms with E-state index in [1.54, 1.807) is 24.1 Å². The molecule has 2 aromatic carbocycles. The van der Waals surface area contributed by atoms with Crippen molar-refractivity contribution in [1.29, 1.82) is 0 Å². The van der Waals surface area contributed by atoms with Crippen LogP contribution in [0, 0.1) is 11.6 Å². The molecule has 1 aliphatic rings. The van der Waals surface area contributed by atoms with Crippen LogP contribution in [0.4, 0.5) is 8.78 Å². The number of amides is 1. The Hall–Kier alpha value is -3.40. The number of para-hydroxylation sites is 1. The van der Waals surface area contributed by atoms with Crippen LogP contribution in [0.1, 0.15) is 16.2 Å². The second kappa shape index (κ2) is 8.54. The summed E-state index contributed by atoms with van der Waals surface area (Å²) in [5, 5.41) is 11.6. The lowest BCUT2D eigenvalue weighted by atomic mass is 10.1. The number of carbonyl (C=O) groups excluding carboxylic acids is 1. The molecule has 0 aliphatic carbocycles. The Balaban J connectivity index is 1.41. The van der Waals surface area contributed by atoms with Gasteiger partial charge in [-0.2, -0.15) is 4.68 Å². The Morgan fingerprint density at radius 3 is 2.57 bits per heavy atom. The van der Waals surface area contributed by atoms with E-state index in [1.807, 2.05) is 12.1 Å². The van der Waals surface area contributed by atoms with E-state index in [2.05, 4.69) is 20.4 Å². The molecule has 1 aromatic heterocycles. The molecule has 156 valence electrons. The molecule has 0 atom stereocenters. The predicted octanol–water partition coefficient (Wildman–Crippen LogP) is 1.91. The van der Waals surface area contributed by atoms with Crippen molar-refractivity contribution in [1.82, 2.24) is 30.0 Å². The average Bonchev–Trinajstić information content (AvgIpc) is 3.23. The number of halogens is 2. The topological polar surface area (TPSA) is 76.4 Å². The second-order valence-corrected chi connectivity index (χ2v) is 6.87. The molecule has 1 amide bonds. The summed E-state index contributed by atoms with van der Waals surface area (Å²) in [6.07, 6.45) is 0. The highest BCUT2D eigenvalue weighted by atomic mass is 19.2. The highest BCUT2D eigenvalue weighted by molar-refractivity contribution is 5.97. The third-order valence-electron chi connectivity index (χ3n) is 5.04. The summed E-state index contributed by atoms with van der Waals surface area (Å²) in [7, 11) is 1.54. The molecule has 0 unspecified atom stereocenters. The van der Waals surface area contributed by atoms with Crippen molar-refractivity contribution < 1.29 is 18.3 Å². The van der Waals surface area contributed by atoms with Gasteiger partial charge in [0.25, 0.3) is 5.91 Å². The molecular formula is C20H20F2N6O2. The Kier molecular flexibility index (Phi) is 5.66. The van der Waals surface area contributed by atoms with Crippen LogP contribution in [0.2, 0.25) is 0 Å². The molecule has 0 N–H and O–H groups in total. The van der Waals surface area contributed by atoms with Crippen molar-refractivity contribution in [3.8, 4) is 11.4 Å². The van der Waals surface area contributed by atoms with E-state index in [-0.39, 0.29) is 5.91 Å². The van der Waals surface area contributed by atoms with Gasteiger partial charge in [0.15, 0.2) is 17.5 Å². The standard InChI is InChI=1S/C20H20F2N6O2/c1-30-18-5-3-2-4-15(18)20(29)27-10-8-26(9-11-27)13-19-23-24-25-28(19)14-6-7-16(21)17(22)12-14/h2-7,12H,8-11,13H2,1H3.